The van der Waals surface area contributed by atoms with E-state index < -0.39 is 21.7 Å². The molecule has 0 saturated carbocycles. The molecule has 2 rings (SSSR count). The van der Waals surface area contributed by atoms with Gasteiger partial charge in [-0.1, -0.05) is 51.9 Å². The zero-order chi connectivity index (χ0) is 18.1. The van der Waals surface area contributed by atoms with Crippen LogP contribution in [0, 0.1) is 5.92 Å². The fraction of sp³-hybridized carbons (Fsp3) is 0.947. The minimum atomic E-state index is -1.45. The Kier molecular flexibility index (Phi) is 8.87. The van der Waals surface area contributed by atoms with Crippen molar-refractivity contribution in [1.82, 2.24) is 4.31 Å². The molecule has 0 aromatic carbocycles. The molecule has 2 fully saturated rings. The van der Waals surface area contributed by atoms with Crippen molar-refractivity contribution in [3.05, 3.63) is 0 Å². The molecule has 25 heavy (non-hydrogen) atoms. The van der Waals surface area contributed by atoms with E-state index in [4.69, 9.17) is 4.74 Å². The minimum Gasteiger partial charge on any atom is -0.480 e. The first-order valence-electron chi connectivity index (χ1n) is 10.1. The molecule has 0 aromatic heterocycles. The first-order chi connectivity index (χ1) is 12.1. The molecule has 1 unspecified atom stereocenters. The van der Waals surface area contributed by atoms with Crippen LogP contribution in [-0.2, 0) is 20.5 Å². The summed E-state index contributed by atoms with van der Waals surface area (Å²) in [4.78, 5) is 11.8. The van der Waals surface area contributed by atoms with Gasteiger partial charge < -0.3 is 9.84 Å². The molecule has 5 nitrogen and oxygen atoms in total. The number of aliphatic carboxylic acids is 1. The highest BCUT2D eigenvalue weighted by Crippen LogP contribution is 2.33. The average molecular weight is 374 g/mol. The van der Waals surface area contributed by atoms with Crippen LogP contribution in [-0.4, -0.2) is 50.6 Å². The lowest BCUT2D eigenvalue weighted by molar-refractivity contribution is -0.142. The minimum absolute atomic E-state index is 0.354. The van der Waals surface area contributed by atoms with E-state index in [1.807, 2.05) is 4.31 Å². The topological polar surface area (TPSA) is 66.8 Å². The first-order valence-corrected chi connectivity index (χ1v) is 11.2. The number of hydrogen-bond donors (Lipinski definition) is 1. The Balaban J connectivity index is 1.73. The van der Waals surface area contributed by atoms with Gasteiger partial charge in [0.2, 0.25) is 0 Å². The smallest absolute Gasteiger partial charge is 0.324 e. The molecule has 1 atom stereocenters. The molecule has 1 N–H and O–H groups in total. The summed E-state index contributed by atoms with van der Waals surface area (Å²) >= 11 is 0. The standard InChI is InChI=1S/C19H35NO4S/c1-2-3-4-5-6-7-8-17-9-13-20(14-10-17)25(23)19(18(21)22)11-15-24-16-12-19/h17H,2-16H2,1H3,(H,21,22). The molecule has 0 aliphatic carbocycles. The third-order valence-corrected chi connectivity index (χ3v) is 7.88. The van der Waals surface area contributed by atoms with Crippen molar-refractivity contribution in [2.24, 2.45) is 5.92 Å². The van der Waals surface area contributed by atoms with Crippen molar-refractivity contribution in [2.45, 2.75) is 82.3 Å². The molecule has 0 amide bonds. The number of piperidine rings is 1. The zero-order valence-corrected chi connectivity index (χ0v) is 16.5. The number of nitrogens with zero attached hydrogens (tertiary/aromatic N) is 1. The summed E-state index contributed by atoms with van der Waals surface area (Å²) in [6.45, 7) is 4.57. The summed E-state index contributed by atoms with van der Waals surface area (Å²) in [6.07, 6.45) is 12.0. The van der Waals surface area contributed by atoms with Gasteiger partial charge in [-0.15, -0.1) is 0 Å². The maximum absolute atomic E-state index is 13.0. The maximum Gasteiger partial charge on any atom is 0.324 e. The fourth-order valence-electron chi connectivity index (χ4n) is 3.99. The fourth-order valence-corrected chi connectivity index (χ4v) is 5.69. The summed E-state index contributed by atoms with van der Waals surface area (Å²) in [6, 6.07) is 0. The summed E-state index contributed by atoms with van der Waals surface area (Å²) in [5.41, 5.74) is 0. The lowest BCUT2D eigenvalue weighted by Gasteiger charge is -2.39. The lowest BCUT2D eigenvalue weighted by atomic mass is 9.92. The van der Waals surface area contributed by atoms with Gasteiger partial charge in [0, 0.05) is 26.3 Å². The van der Waals surface area contributed by atoms with E-state index in [1.54, 1.807) is 0 Å². The van der Waals surface area contributed by atoms with Crippen molar-refractivity contribution in [2.75, 3.05) is 26.3 Å². The normalized spacial score (nSPS) is 23.4. The van der Waals surface area contributed by atoms with Crippen LogP contribution < -0.4 is 0 Å². The van der Waals surface area contributed by atoms with Crippen LogP contribution in [0.5, 0.6) is 0 Å². The monoisotopic (exact) mass is 373 g/mol. The SMILES string of the molecule is CCCCCCCCC1CCN(S(=O)C2(C(=O)O)CCOCC2)CC1. The lowest BCUT2D eigenvalue weighted by Crippen LogP contribution is -2.54. The van der Waals surface area contributed by atoms with Crippen LogP contribution in [0.4, 0.5) is 0 Å². The molecule has 2 aliphatic heterocycles. The molecule has 2 aliphatic rings. The average Bonchev–Trinajstić information content (AvgIpc) is 2.65. The number of unbranched alkanes of at least 4 members (excludes halogenated alkanes) is 5. The largest absolute Gasteiger partial charge is 0.480 e. The van der Waals surface area contributed by atoms with Crippen molar-refractivity contribution in [1.29, 1.82) is 0 Å². The molecular formula is C19H35NO4S. The Hall–Kier alpha value is -0.460. The molecule has 146 valence electrons. The molecule has 0 aromatic rings. The van der Waals surface area contributed by atoms with Gasteiger partial charge in [-0.2, -0.15) is 0 Å². The second kappa shape index (κ2) is 10.6. The van der Waals surface area contributed by atoms with E-state index in [1.165, 1.54) is 44.9 Å². The predicted octanol–water partition coefficient (Wildman–Crippen LogP) is 3.75. The Morgan fingerprint density at radius 2 is 1.72 bits per heavy atom. The third-order valence-electron chi connectivity index (χ3n) is 5.80. The number of carboxylic acid groups (broad SMARTS) is 1. The van der Waals surface area contributed by atoms with E-state index in [0.717, 1.165) is 31.8 Å². The Morgan fingerprint density at radius 3 is 2.32 bits per heavy atom. The predicted molar refractivity (Wildman–Crippen MR) is 101 cm³/mol. The van der Waals surface area contributed by atoms with Crippen LogP contribution in [0.1, 0.15) is 77.6 Å². The number of ether oxygens (including phenoxy) is 1. The quantitative estimate of drug-likeness (QED) is 0.592. The van der Waals surface area contributed by atoms with E-state index in [0.29, 0.717) is 26.1 Å². The van der Waals surface area contributed by atoms with Crippen molar-refractivity contribution < 1.29 is 18.8 Å². The Labute approximate surface area is 155 Å². The Morgan fingerprint density at radius 1 is 1.12 bits per heavy atom. The highest BCUT2D eigenvalue weighted by Gasteiger charge is 2.48. The summed E-state index contributed by atoms with van der Waals surface area (Å²) in [5.74, 6) is -0.210. The highest BCUT2D eigenvalue weighted by atomic mass is 32.2. The van der Waals surface area contributed by atoms with Gasteiger partial charge in [-0.3, -0.25) is 4.79 Å². The molecule has 0 radical (unpaired) electrons. The van der Waals surface area contributed by atoms with E-state index in [2.05, 4.69) is 6.92 Å². The summed E-state index contributed by atoms with van der Waals surface area (Å²) < 4.78 is 19.1. The second-order valence-corrected chi connectivity index (χ2v) is 9.39. The number of carboxylic acids is 1. The van der Waals surface area contributed by atoms with Crippen LogP contribution in [0.25, 0.3) is 0 Å². The molecule has 0 bridgehead atoms. The van der Waals surface area contributed by atoms with Gasteiger partial charge in [0.1, 0.15) is 11.0 Å². The summed E-state index contributed by atoms with van der Waals surface area (Å²) in [7, 11) is -1.45. The van der Waals surface area contributed by atoms with Crippen LogP contribution in [0.2, 0.25) is 0 Å². The molecule has 2 heterocycles. The highest BCUT2D eigenvalue weighted by molar-refractivity contribution is 7.85. The molecule has 6 heteroatoms. The number of carbonyl (C=O) groups is 1. The Bertz CT molecular complexity index is 429. The van der Waals surface area contributed by atoms with Crippen LogP contribution >= 0.6 is 0 Å². The van der Waals surface area contributed by atoms with E-state index >= 15 is 0 Å². The summed E-state index contributed by atoms with van der Waals surface area (Å²) in [5, 5.41) is 9.67. The number of hydrogen-bond acceptors (Lipinski definition) is 3. The van der Waals surface area contributed by atoms with E-state index in [-0.39, 0.29) is 0 Å². The van der Waals surface area contributed by atoms with Crippen molar-refractivity contribution in [3.63, 3.8) is 0 Å². The van der Waals surface area contributed by atoms with Gasteiger partial charge >= 0.3 is 5.97 Å². The maximum atomic E-state index is 13.0. The van der Waals surface area contributed by atoms with Crippen molar-refractivity contribution >= 4 is 17.0 Å². The van der Waals surface area contributed by atoms with Crippen LogP contribution in [0.3, 0.4) is 0 Å². The first kappa shape index (κ1) is 20.8. The second-order valence-electron chi connectivity index (χ2n) is 7.59. The van der Waals surface area contributed by atoms with Crippen LogP contribution in [0.15, 0.2) is 0 Å². The van der Waals surface area contributed by atoms with Gasteiger partial charge in [-0.05, 0) is 31.6 Å². The zero-order valence-electron chi connectivity index (χ0n) is 15.7. The van der Waals surface area contributed by atoms with Gasteiger partial charge in [-0.25, -0.2) is 8.51 Å². The molecular weight excluding hydrogens is 338 g/mol. The molecule has 2 saturated heterocycles. The van der Waals surface area contributed by atoms with Crippen molar-refractivity contribution in [3.8, 4) is 0 Å². The third kappa shape index (κ3) is 5.76. The van der Waals surface area contributed by atoms with Gasteiger partial charge in [0.25, 0.3) is 0 Å². The van der Waals surface area contributed by atoms with E-state index in [9.17, 15) is 14.1 Å². The number of rotatable bonds is 10. The molecule has 0 spiro atoms. The van der Waals surface area contributed by atoms with Gasteiger partial charge in [0.15, 0.2) is 4.75 Å². The van der Waals surface area contributed by atoms with Gasteiger partial charge in [0.05, 0.1) is 0 Å².